The minimum Gasteiger partial charge on any atom is -0.504 e. The van der Waals surface area contributed by atoms with E-state index in [1.165, 1.54) is 0 Å². The normalized spacial score (nSPS) is 11.4. The van der Waals surface area contributed by atoms with Crippen LogP contribution < -0.4 is 4.74 Å². The SMILES string of the molecule is CCOc1cc(Br)c(Br)c(C=Nc2ccc3scnc3c2)c1O. The number of hydrogen-bond donors (Lipinski definition) is 1. The molecule has 7 heteroatoms. The Labute approximate surface area is 154 Å². The van der Waals surface area contributed by atoms with E-state index >= 15 is 0 Å². The van der Waals surface area contributed by atoms with Gasteiger partial charge in [0.2, 0.25) is 0 Å². The van der Waals surface area contributed by atoms with Crippen LogP contribution in [-0.4, -0.2) is 22.9 Å². The summed E-state index contributed by atoms with van der Waals surface area (Å²) in [5.74, 6) is 0.472. The number of ether oxygens (including phenoxy) is 1. The second-order valence-corrected chi connectivity index (χ2v) is 7.16. The van der Waals surface area contributed by atoms with Crippen molar-refractivity contribution in [3.63, 3.8) is 0 Å². The number of aliphatic imine (C=N–C) groups is 1. The van der Waals surface area contributed by atoms with Gasteiger partial charge in [-0.15, -0.1) is 11.3 Å². The zero-order valence-corrected chi connectivity index (χ0v) is 16.1. The van der Waals surface area contributed by atoms with Crippen LogP contribution in [0.2, 0.25) is 0 Å². The number of nitrogens with zero attached hydrogens (tertiary/aromatic N) is 2. The third-order valence-corrected chi connectivity index (χ3v) is 5.97. The van der Waals surface area contributed by atoms with E-state index in [9.17, 15) is 5.11 Å². The van der Waals surface area contributed by atoms with E-state index in [1.54, 1.807) is 23.6 Å². The summed E-state index contributed by atoms with van der Waals surface area (Å²) < 4.78 is 8.07. The highest BCUT2D eigenvalue weighted by Crippen LogP contribution is 2.40. The Bertz CT molecular complexity index is 893. The number of aromatic nitrogens is 1. The average molecular weight is 456 g/mol. The molecule has 1 heterocycles. The van der Waals surface area contributed by atoms with E-state index in [0.717, 1.165) is 24.8 Å². The highest BCUT2D eigenvalue weighted by molar-refractivity contribution is 9.13. The van der Waals surface area contributed by atoms with Gasteiger partial charge in [0, 0.05) is 15.2 Å². The number of fused-ring (bicyclic) bond motifs is 1. The van der Waals surface area contributed by atoms with E-state index in [4.69, 9.17) is 4.74 Å². The van der Waals surface area contributed by atoms with Crippen LogP contribution >= 0.6 is 43.2 Å². The molecule has 1 aromatic heterocycles. The maximum atomic E-state index is 10.4. The molecule has 0 atom stereocenters. The summed E-state index contributed by atoms with van der Waals surface area (Å²) in [6.07, 6.45) is 1.61. The van der Waals surface area contributed by atoms with Gasteiger partial charge in [0.05, 0.1) is 33.6 Å². The summed E-state index contributed by atoms with van der Waals surface area (Å²) in [5.41, 5.74) is 4.05. The lowest BCUT2D eigenvalue weighted by atomic mass is 10.2. The number of rotatable bonds is 4. The first-order chi connectivity index (χ1) is 11.1. The number of phenolic OH excluding ortho intramolecular Hbond substituents is 1. The van der Waals surface area contributed by atoms with Crippen LogP contribution in [0.25, 0.3) is 10.2 Å². The first kappa shape index (κ1) is 16.4. The van der Waals surface area contributed by atoms with Gasteiger partial charge in [0.1, 0.15) is 0 Å². The molecular weight excluding hydrogens is 444 g/mol. The third kappa shape index (κ3) is 3.41. The Morgan fingerprint density at radius 3 is 2.96 bits per heavy atom. The van der Waals surface area contributed by atoms with Gasteiger partial charge in [-0.1, -0.05) is 0 Å². The summed E-state index contributed by atoms with van der Waals surface area (Å²) in [4.78, 5) is 8.72. The molecule has 0 spiro atoms. The minimum absolute atomic E-state index is 0.0559. The Balaban J connectivity index is 2.00. The van der Waals surface area contributed by atoms with Gasteiger partial charge < -0.3 is 9.84 Å². The lowest BCUT2D eigenvalue weighted by molar-refractivity contribution is 0.317. The molecule has 4 nitrogen and oxygen atoms in total. The van der Waals surface area contributed by atoms with Crippen LogP contribution in [0.5, 0.6) is 11.5 Å². The van der Waals surface area contributed by atoms with Crippen molar-refractivity contribution in [3.05, 3.63) is 44.3 Å². The van der Waals surface area contributed by atoms with Crippen molar-refractivity contribution in [2.45, 2.75) is 6.92 Å². The van der Waals surface area contributed by atoms with Crippen LogP contribution in [0.3, 0.4) is 0 Å². The molecule has 0 aliphatic rings. The van der Waals surface area contributed by atoms with Gasteiger partial charge in [-0.2, -0.15) is 0 Å². The third-order valence-electron chi connectivity index (χ3n) is 3.15. The molecule has 0 amide bonds. The van der Waals surface area contributed by atoms with Crippen LogP contribution in [-0.2, 0) is 0 Å². The zero-order valence-electron chi connectivity index (χ0n) is 12.1. The molecule has 1 N–H and O–H groups in total. The Morgan fingerprint density at radius 1 is 1.35 bits per heavy atom. The lowest BCUT2D eigenvalue weighted by Crippen LogP contribution is -1.95. The molecular formula is C16H12Br2N2O2S. The number of halogens is 2. The Morgan fingerprint density at radius 2 is 2.17 bits per heavy atom. The number of phenols is 1. The summed E-state index contributed by atoms with van der Waals surface area (Å²) in [7, 11) is 0. The smallest absolute Gasteiger partial charge is 0.167 e. The summed E-state index contributed by atoms with van der Waals surface area (Å²) in [6.45, 7) is 2.34. The number of thiazole rings is 1. The second kappa shape index (κ2) is 6.98. The maximum Gasteiger partial charge on any atom is 0.167 e. The van der Waals surface area contributed by atoms with E-state index < -0.39 is 0 Å². The predicted molar refractivity (Wildman–Crippen MR) is 102 cm³/mol. The van der Waals surface area contributed by atoms with Crippen molar-refractivity contribution in [1.29, 1.82) is 0 Å². The summed E-state index contributed by atoms with van der Waals surface area (Å²) in [6, 6.07) is 7.54. The molecule has 3 rings (SSSR count). The molecule has 0 saturated carbocycles. The first-order valence-electron chi connectivity index (χ1n) is 6.81. The highest BCUT2D eigenvalue weighted by atomic mass is 79.9. The molecule has 0 saturated heterocycles. The first-order valence-corrected chi connectivity index (χ1v) is 9.27. The van der Waals surface area contributed by atoms with Crippen molar-refractivity contribution in [3.8, 4) is 11.5 Å². The van der Waals surface area contributed by atoms with E-state index in [0.29, 0.717) is 17.9 Å². The van der Waals surface area contributed by atoms with Gasteiger partial charge in [0.25, 0.3) is 0 Å². The molecule has 3 aromatic rings. The fourth-order valence-electron chi connectivity index (χ4n) is 2.06. The molecule has 0 aliphatic carbocycles. The van der Waals surface area contributed by atoms with E-state index in [-0.39, 0.29) is 5.75 Å². The topological polar surface area (TPSA) is 54.7 Å². The molecule has 0 unspecified atom stereocenters. The van der Waals surface area contributed by atoms with E-state index in [1.807, 2.05) is 30.6 Å². The quantitative estimate of drug-likeness (QED) is 0.515. The molecule has 0 bridgehead atoms. The Hall–Kier alpha value is -1.44. The van der Waals surface area contributed by atoms with Crippen molar-refractivity contribution in [2.75, 3.05) is 6.61 Å². The number of aromatic hydroxyl groups is 1. The standard InChI is InChI=1S/C16H12Br2N2O2S/c1-2-22-13-6-11(17)15(18)10(16(13)21)7-19-9-3-4-14-12(5-9)20-8-23-14/h3-8,21H,2H2,1H3. The monoisotopic (exact) mass is 454 g/mol. The number of hydrogen-bond acceptors (Lipinski definition) is 5. The van der Waals surface area contributed by atoms with Gasteiger partial charge in [-0.05, 0) is 63.0 Å². The molecule has 0 aliphatic heterocycles. The molecule has 2 aromatic carbocycles. The van der Waals surface area contributed by atoms with Crippen LogP contribution in [0.1, 0.15) is 12.5 Å². The lowest BCUT2D eigenvalue weighted by Gasteiger charge is -2.11. The maximum absolute atomic E-state index is 10.4. The fraction of sp³-hybridized carbons (Fsp3) is 0.125. The van der Waals surface area contributed by atoms with Crippen molar-refractivity contribution in [1.82, 2.24) is 4.98 Å². The predicted octanol–water partition coefficient (Wildman–Crippen LogP) is 5.68. The van der Waals surface area contributed by atoms with Crippen molar-refractivity contribution in [2.24, 2.45) is 4.99 Å². The van der Waals surface area contributed by atoms with Crippen LogP contribution in [0.15, 0.2) is 43.7 Å². The fourth-order valence-corrected chi connectivity index (χ4v) is 3.55. The Kier molecular flexibility index (Phi) is 4.99. The minimum atomic E-state index is 0.0559. The summed E-state index contributed by atoms with van der Waals surface area (Å²) in [5, 5.41) is 10.4. The second-order valence-electron chi connectivity index (χ2n) is 4.63. The molecule has 118 valence electrons. The summed E-state index contributed by atoms with van der Waals surface area (Å²) >= 11 is 8.50. The number of benzene rings is 2. The average Bonchev–Trinajstić information content (AvgIpc) is 3.00. The van der Waals surface area contributed by atoms with Crippen LogP contribution in [0.4, 0.5) is 5.69 Å². The van der Waals surface area contributed by atoms with Crippen molar-refractivity contribution < 1.29 is 9.84 Å². The molecule has 0 fully saturated rings. The molecule has 0 radical (unpaired) electrons. The van der Waals surface area contributed by atoms with E-state index in [2.05, 4.69) is 41.8 Å². The van der Waals surface area contributed by atoms with Gasteiger partial charge in [0.15, 0.2) is 11.5 Å². The highest BCUT2D eigenvalue weighted by Gasteiger charge is 2.14. The zero-order chi connectivity index (χ0) is 16.4. The largest absolute Gasteiger partial charge is 0.504 e. The van der Waals surface area contributed by atoms with Crippen molar-refractivity contribution >= 4 is 65.3 Å². The van der Waals surface area contributed by atoms with Crippen LogP contribution in [0, 0.1) is 0 Å². The van der Waals surface area contributed by atoms with Gasteiger partial charge in [-0.3, -0.25) is 4.99 Å². The van der Waals surface area contributed by atoms with Gasteiger partial charge >= 0.3 is 0 Å². The molecule has 23 heavy (non-hydrogen) atoms. The van der Waals surface area contributed by atoms with Gasteiger partial charge in [-0.25, -0.2) is 4.98 Å².